The molecule has 0 saturated carbocycles. The van der Waals surface area contributed by atoms with Crippen molar-refractivity contribution in [1.29, 1.82) is 0 Å². The van der Waals surface area contributed by atoms with E-state index in [1.165, 1.54) is 0 Å². The van der Waals surface area contributed by atoms with Crippen LogP contribution in [0, 0.1) is 0 Å². The summed E-state index contributed by atoms with van der Waals surface area (Å²) in [5, 5.41) is 4.35. The van der Waals surface area contributed by atoms with Crippen molar-refractivity contribution in [1.82, 2.24) is 28.5 Å². The molecule has 132 valence electrons. The summed E-state index contributed by atoms with van der Waals surface area (Å²) in [6.07, 6.45) is 7.48. The Morgan fingerprint density at radius 1 is 0.962 bits per heavy atom. The van der Waals surface area contributed by atoms with Gasteiger partial charge in [0.1, 0.15) is 0 Å². The van der Waals surface area contributed by atoms with Crippen molar-refractivity contribution in [3.8, 4) is 0 Å². The second-order valence-electron chi connectivity index (χ2n) is 6.35. The quantitative estimate of drug-likeness (QED) is 0.546. The zero-order valence-electron chi connectivity index (χ0n) is 15.0. The van der Waals surface area contributed by atoms with Crippen LogP contribution in [0.2, 0.25) is 0 Å². The predicted octanol–water partition coefficient (Wildman–Crippen LogP) is 2.11. The van der Waals surface area contributed by atoms with Gasteiger partial charge in [0.2, 0.25) is 0 Å². The van der Waals surface area contributed by atoms with E-state index in [0.717, 1.165) is 37.7 Å². The van der Waals surface area contributed by atoms with Gasteiger partial charge in [0.05, 0.1) is 18.1 Å². The van der Waals surface area contributed by atoms with Gasteiger partial charge in [0, 0.05) is 43.9 Å². The molecule has 0 N–H and O–H groups in total. The topological polar surface area (TPSA) is 50.1 Å². The van der Waals surface area contributed by atoms with Crippen molar-refractivity contribution in [2.24, 2.45) is 0 Å². The Kier molecular flexibility index (Phi) is 6.92. The molecular weight excluding hydrogens is 339 g/mol. The maximum Gasteiger partial charge on any atom is 0.256 e. The summed E-state index contributed by atoms with van der Waals surface area (Å²) >= 11 is 2.82. The number of hydrogen-bond acceptors (Lipinski definition) is 5. The summed E-state index contributed by atoms with van der Waals surface area (Å²) in [4.78, 5) is 11.3. The van der Waals surface area contributed by atoms with Crippen LogP contribution >= 0.6 is 0 Å². The Morgan fingerprint density at radius 3 is 2.23 bits per heavy atom. The van der Waals surface area contributed by atoms with Crippen molar-refractivity contribution in [2.75, 3.05) is 6.54 Å². The molecule has 0 spiro atoms. The smallest absolute Gasteiger partial charge is 0.256 e. The molecule has 3 rings (SSSR count). The molecule has 0 aliphatic rings. The van der Waals surface area contributed by atoms with Crippen molar-refractivity contribution in [3.05, 3.63) is 78.6 Å². The van der Waals surface area contributed by atoms with Crippen molar-refractivity contribution >= 4 is 16.5 Å². The molecule has 3 heterocycles. The molecule has 1 unspecified atom stereocenters. The van der Waals surface area contributed by atoms with Crippen LogP contribution in [0.3, 0.4) is 0 Å². The molecule has 0 aliphatic carbocycles. The van der Waals surface area contributed by atoms with E-state index >= 15 is 0 Å². The highest BCUT2D eigenvalue weighted by atomic mass is 27.1. The zero-order chi connectivity index (χ0) is 18.2. The summed E-state index contributed by atoms with van der Waals surface area (Å²) in [6, 6.07) is 14.3. The molecule has 0 bridgehead atoms. The van der Waals surface area contributed by atoms with Crippen molar-refractivity contribution < 1.29 is 0 Å². The van der Waals surface area contributed by atoms with Crippen LogP contribution in [-0.2, 0) is 19.8 Å². The Morgan fingerprint density at radius 2 is 1.65 bits per heavy atom. The fourth-order valence-corrected chi connectivity index (χ4v) is 3.33. The van der Waals surface area contributed by atoms with E-state index < -0.39 is 0 Å². The standard InChI is InChI=1S/C19H23N6.Al/c1-17(13-20-14-18-7-2-4-9-21-18)24(16-25-12-6-11-23-25)15-19-8-3-5-10-22-19;/h2-12,17H,13-16H2,1H3;/q-1;+1. The molecule has 7 heteroatoms. The van der Waals surface area contributed by atoms with Gasteiger partial charge in [0.15, 0.2) is 0 Å². The third-order valence-corrected chi connectivity index (χ3v) is 4.58. The molecular formula is C19H23AlN6. The molecule has 0 aromatic carbocycles. The highest BCUT2D eigenvalue weighted by Gasteiger charge is 2.17. The fourth-order valence-electron chi connectivity index (χ4n) is 2.83. The fraction of sp³-hybridized carbons (Fsp3) is 0.316. The Hall–Kier alpha value is -2.04. The van der Waals surface area contributed by atoms with E-state index in [-0.39, 0.29) is 0 Å². The third kappa shape index (κ3) is 5.75. The van der Waals surface area contributed by atoms with Crippen LogP contribution in [0.15, 0.2) is 67.3 Å². The molecule has 3 aromatic rings. The molecule has 2 radical (unpaired) electrons. The van der Waals surface area contributed by atoms with Gasteiger partial charge in [-0.3, -0.25) is 19.5 Å². The number of aromatic nitrogens is 4. The minimum atomic E-state index is 0.322. The van der Waals surface area contributed by atoms with E-state index in [9.17, 15) is 0 Å². The van der Waals surface area contributed by atoms with Crippen LogP contribution in [0.1, 0.15) is 18.3 Å². The Balaban J connectivity index is 1.64. The van der Waals surface area contributed by atoms with Crippen molar-refractivity contribution in [3.63, 3.8) is 0 Å². The SMILES string of the molecule is CC(C[N]([Al])Cc1ccccn1)N(Cc1ccccn1)Cn1cccn1. The van der Waals surface area contributed by atoms with Crippen LogP contribution in [-0.4, -0.2) is 57.6 Å². The normalized spacial score (nSPS) is 12.6. The first-order chi connectivity index (χ1) is 12.7. The first kappa shape index (κ1) is 18.7. The summed E-state index contributed by atoms with van der Waals surface area (Å²) in [6.45, 7) is 5.45. The van der Waals surface area contributed by atoms with E-state index in [4.69, 9.17) is 0 Å². The van der Waals surface area contributed by atoms with Gasteiger partial charge < -0.3 is 3.88 Å². The third-order valence-electron chi connectivity index (χ3n) is 4.19. The monoisotopic (exact) mass is 362 g/mol. The molecule has 0 saturated heterocycles. The van der Waals surface area contributed by atoms with Gasteiger partial charge >= 0.3 is 0 Å². The highest BCUT2D eigenvalue weighted by Crippen LogP contribution is 2.10. The van der Waals surface area contributed by atoms with Crippen LogP contribution in [0.4, 0.5) is 0 Å². The van der Waals surface area contributed by atoms with Crippen LogP contribution in [0.25, 0.3) is 0 Å². The van der Waals surface area contributed by atoms with Crippen LogP contribution in [0.5, 0.6) is 0 Å². The number of rotatable bonds is 9. The number of hydrogen-bond donors (Lipinski definition) is 0. The average molecular weight is 362 g/mol. The van der Waals surface area contributed by atoms with Gasteiger partial charge in [-0.25, -0.2) is 0 Å². The maximum atomic E-state index is 4.48. The van der Waals surface area contributed by atoms with Gasteiger partial charge in [0.25, 0.3) is 16.5 Å². The Labute approximate surface area is 163 Å². The number of nitrogens with zero attached hydrogens (tertiary/aromatic N) is 6. The molecule has 0 amide bonds. The van der Waals surface area contributed by atoms with E-state index in [0.29, 0.717) is 6.04 Å². The predicted molar refractivity (Wildman–Crippen MR) is 102 cm³/mol. The molecule has 1 atom stereocenters. The van der Waals surface area contributed by atoms with E-state index in [2.05, 4.69) is 59.4 Å². The van der Waals surface area contributed by atoms with Gasteiger partial charge in [-0.2, -0.15) is 5.10 Å². The first-order valence-corrected chi connectivity index (χ1v) is 9.23. The number of pyridine rings is 2. The van der Waals surface area contributed by atoms with E-state index in [1.54, 1.807) is 0 Å². The van der Waals surface area contributed by atoms with Crippen molar-refractivity contribution in [2.45, 2.75) is 32.7 Å². The molecule has 0 aliphatic heterocycles. The first-order valence-electron chi connectivity index (χ1n) is 8.71. The zero-order valence-corrected chi connectivity index (χ0v) is 16.2. The molecule has 6 nitrogen and oxygen atoms in total. The lowest BCUT2D eigenvalue weighted by atomic mass is 10.2. The summed E-state index contributed by atoms with van der Waals surface area (Å²) in [5.41, 5.74) is 2.13. The highest BCUT2D eigenvalue weighted by molar-refractivity contribution is 6.04. The second-order valence-corrected chi connectivity index (χ2v) is 7.08. The Bertz CT molecular complexity index is 750. The largest absolute Gasteiger partial charge is 0.396 e. The molecule has 26 heavy (non-hydrogen) atoms. The molecule has 3 aromatic heterocycles. The second kappa shape index (κ2) is 9.60. The molecule has 0 fully saturated rings. The summed E-state index contributed by atoms with van der Waals surface area (Å²) < 4.78 is 4.17. The van der Waals surface area contributed by atoms with Gasteiger partial charge in [-0.15, -0.1) is 0 Å². The lowest BCUT2D eigenvalue weighted by Crippen LogP contribution is -2.42. The van der Waals surface area contributed by atoms with Crippen LogP contribution < -0.4 is 0 Å². The maximum absolute atomic E-state index is 4.48. The summed E-state index contributed by atoms with van der Waals surface area (Å²) in [7, 11) is 0. The van der Waals surface area contributed by atoms with E-state index in [1.807, 2.05) is 59.8 Å². The van der Waals surface area contributed by atoms with Gasteiger partial charge in [-0.1, -0.05) is 12.1 Å². The van der Waals surface area contributed by atoms with Gasteiger partial charge in [-0.05, 0) is 43.8 Å². The minimum absolute atomic E-state index is 0.322. The average Bonchev–Trinajstić information content (AvgIpc) is 3.16. The minimum Gasteiger partial charge on any atom is -0.396 e. The summed E-state index contributed by atoms with van der Waals surface area (Å²) in [5.74, 6) is 0. The lowest BCUT2D eigenvalue weighted by molar-refractivity contribution is 0.125. The lowest BCUT2D eigenvalue weighted by Gasteiger charge is -2.32.